The number of hydrogen-bond donors (Lipinski definition) is 3. The molecular weight excluding hydrogens is 436 g/mol. The number of aliphatic hydroxyl groups excluding tert-OH is 1. The molecule has 0 radical (unpaired) electrons. The van der Waals surface area contributed by atoms with Crippen molar-refractivity contribution in [1.82, 2.24) is 5.32 Å². The molecule has 0 aromatic heterocycles. The third kappa shape index (κ3) is 9.01. The van der Waals surface area contributed by atoms with Gasteiger partial charge in [-0.2, -0.15) is 0 Å². The van der Waals surface area contributed by atoms with Crippen LogP contribution in [0.5, 0.6) is 17.2 Å². The van der Waals surface area contributed by atoms with Crippen molar-refractivity contribution in [2.45, 2.75) is 19.3 Å². The fourth-order valence-electron chi connectivity index (χ4n) is 3.02. The first-order chi connectivity index (χ1) is 16.6. The molecule has 1 atom stereocenters. The minimum Gasteiger partial charge on any atom is -0.491 e. The van der Waals surface area contributed by atoms with Gasteiger partial charge in [0.2, 0.25) is 0 Å². The maximum Gasteiger partial charge on any atom is 0.404 e. The van der Waals surface area contributed by atoms with E-state index < -0.39 is 12.2 Å². The molecule has 0 spiro atoms. The summed E-state index contributed by atoms with van der Waals surface area (Å²) in [5.74, 6) is 1.70. The fourth-order valence-corrected chi connectivity index (χ4v) is 3.02. The highest BCUT2D eigenvalue weighted by atomic mass is 16.5. The molecule has 0 bridgehead atoms. The summed E-state index contributed by atoms with van der Waals surface area (Å²) < 4.78 is 22.4. The second kappa shape index (κ2) is 13.7. The molecule has 1 amide bonds. The molecule has 0 aliphatic carbocycles. The van der Waals surface area contributed by atoms with Crippen molar-refractivity contribution in [2.75, 3.05) is 26.3 Å². The monoisotopic (exact) mass is 466 g/mol. The number of amides is 1. The van der Waals surface area contributed by atoms with Crippen LogP contribution in [0.15, 0.2) is 78.9 Å². The van der Waals surface area contributed by atoms with Gasteiger partial charge in [0.1, 0.15) is 38.3 Å². The van der Waals surface area contributed by atoms with Crippen molar-refractivity contribution in [3.63, 3.8) is 0 Å². The summed E-state index contributed by atoms with van der Waals surface area (Å²) >= 11 is 0. The maximum absolute atomic E-state index is 10.5. The molecule has 8 nitrogen and oxygen atoms in total. The predicted octanol–water partition coefficient (Wildman–Crippen LogP) is 3.27. The van der Waals surface area contributed by atoms with Crippen molar-refractivity contribution in [1.29, 1.82) is 0 Å². The van der Waals surface area contributed by atoms with E-state index in [4.69, 9.17) is 19.9 Å². The molecule has 3 aromatic rings. The number of nitrogens with two attached hydrogens (primary N) is 1. The first kappa shape index (κ1) is 24.9. The number of rotatable bonds is 14. The minimum absolute atomic E-state index is 0.0754. The van der Waals surface area contributed by atoms with Crippen molar-refractivity contribution in [3.05, 3.63) is 90.0 Å². The molecule has 0 heterocycles. The molecule has 34 heavy (non-hydrogen) atoms. The lowest BCUT2D eigenvalue weighted by atomic mass is 10.2. The summed E-state index contributed by atoms with van der Waals surface area (Å²) in [5, 5.41) is 13.1. The van der Waals surface area contributed by atoms with Gasteiger partial charge in [-0.15, -0.1) is 0 Å². The third-order valence-electron chi connectivity index (χ3n) is 4.74. The summed E-state index contributed by atoms with van der Waals surface area (Å²) in [6.07, 6.45) is -1.58. The lowest BCUT2D eigenvalue weighted by Crippen LogP contribution is -2.33. The van der Waals surface area contributed by atoms with Crippen molar-refractivity contribution >= 4 is 6.09 Å². The average molecular weight is 467 g/mol. The van der Waals surface area contributed by atoms with Crippen molar-refractivity contribution in [3.8, 4) is 17.2 Å². The Morgan fingerprint density at radius 3 is 2.09 bits per heavy atom. The SMILES string of the molecule is NC(=O)OCCNCC(O)COc1ccc(OCc2ccccc2)c(OCc2ccccc2)c1. The summed E-state index contributed by atoms with van der Waals surface area (Å²) in [6.45, 7) is 1.66. The Balaban J connectivity index is 1.56. The van der Waals surface area contributed by atoms with Crippen LogP contribution in [-0.2, 0) is 18.0 Å². The smallest absolute Gasteiger partial charge is 0.404 e. The van der Waals surface area contributed by atoms with Crippen LogP contribution in [0.4, 0.5) is 4.79 Å². The Labute approximate surface area is 199 Å². The van der Waals surface area contributed by atoms with E-state index in [1.807, 2.05) is 60.7 Å². The van der Waals surface area contributed by atoms with E-state index in [-0.39, 0.29) is 19.8 Å². The molecule has 8 heteroatoms. The highest BCUT2D eigenvalue weighted by molar-refractivity contribution is 5.64. The minimum atomic E-state index is -0.827. The molecule has 0 fully saturated rings. The molecular formula is C26H30N2O6. The lowest BCUT2D eigenvalue weighted by Gasteiger charge is -2.16. The first-order valence-corrected chi connectivity index (χ1v) is 11.0. The second-order valence-electron chi connectivity index (χ2n) is 7.49. The number of nitrogens with one attached hydrogen (secondary N) is 1. The molecule has 0 saturated carbocycles. The average Bonchev–Trinajstić information content (AvgIpc) is 2.86. The zero-order valence-electron chi connectivity index (χ0n) is 18.9. The molecule has 4 N–H and O–H groups in total. The van der Waals surface area contributed by atoms with E-state index in [0.717, 1.165) is 11.1 Å². The van der Waals surface area contributed by atoms with Crippen molar-refractivity contribution in [2.24, 2.45) is 5.73 Å². The van der Waals surface area contributed by atoms with E-state index >= 15 is 0 Å². The van der Waals surface area contributed by atoms with E-state index in [0.29, 0.717) is 37.0 Å². The van der Waals surface area contributed by atoms with E-state index in [1.54, 1.807) is 18.2 Å². The Morgan fingerprint density at radius 1 is 0.853 bits per heavy atom. The van der Waals surface area contributed by atoms with E-state index in [1.165, 1.54) is 0 Å². The zero-order chi connectivity index (χ0) is 24.0. The molecule has 3 aromatic carbocycles. The largest absolute Gasteiger partial charge is 0.491 e. The molecule has 0 aliphatic rings. The topological polar surface area (TPSA) is 112 Å². The quantitative estimate of drug-likeness (QED) is 0.313. The fraction of sp³-hybridized carbons (Fsp3) is 0.269. The Kier molecular flexibility index (Phi) is 10.0. The number of carbonyl (C=O) groups is 1. The number of ether oxygens (including phenoxy) is 4. The highest BCUT2D eigenvalue weighted by Gasteiger charge is 2.11. The first-order valence-electron chi connectivity index (χ1n) is 11.0. The van der Waals surface area contributed by atoms with Crippen molar-refractivity contribution < 1.29 is 28.8 Å². The highest BCUT2D eigenvalue weighted by Crippen LogP contribution is 2.33. The van der Waals surface area contributed by atoms with Crippen LogP contribution < -0.4 is 25.3 Å². The van der Waals surface area contributed by atoms with Crippen LogP contribution in [0.1, 0.15) is 11.1 Å². The van der Waals surface area contributed by atoms with Crippen LogP contribution in [0.2, 0.25) is 0 Å². The standard InChI is InChI=1S/C26H30N2O6/c27-26(30)31-14-13-28-16-22(29)19-32-23-11-12-24(33-17-20-7-3-1-4-8-20)25(15-23)34-18-21-9-5-2-6-10-21/h1-12,15,22,28-29H,13-14,16-19H2,(H2,27,30). The van der Waals surface area contributed by atoms with Gasteiger partial charge in [0.25, 0.3) is 0 Å². The van der Waals surface area contributed by atoms with Gasteiger partial charge in [-0.25, -0.2) is 4.79 Å². The van der Waals surface area contributed by atoms with Crippen LogP contribution in [0.25, 0.3) is 0 Å². The van der Waals surface area contributed by atoms with Gasteiger partial charge in [0.15, 0.2) is 11.5 Å². The number of hydrogen-bond acceptors (Lipinski definition) is 7. The van der Waals surface area contributed by atoms with Gasteiger partial charge >= 0.3 is 6.09 Å². The van der Waals surface area contributed by atoms with Crippen LogP contribution in [0.3, 0.4) is 0 Å². The number of aliphatic hydroxyl groups is 1. The van der Waals surface area contributed by atoms with Crippen LogP contribution in [-0.4, -0.2) is 43.6 Å². The van der Waals surface area contributed by atoms with Gasteiger partial charge in [0.05, 0.1) is 0 Å². The molecule has 3 rings (SSSR count). The van der Waals surface area contributed by atoms with Gasteiger partial charge in [-0.1, -0.05) is 60.7 Å². The Morgan fingerprint density at radius 2 is 1.47 bits per heavy atom. The lowest BCUT2D eigenvalue weighted by molar-refractivity contribution is 0.103. The van der Waals surface area contributed by atoms with Gasteiger partial charge in [0, 0.05) is 19.2 Å². The van der Waals surface area contributed by atoms with Gasteiger partial charge in [-0.05, 0) is 23.3 Å². The summed E-state index contributed by atoms with van der Waals surface area (Å²) in [7, 11) is 0. The zero-order valence-corrected chi connectivity index (χ0v) is 18.9. The van der Waals surface area contributed by atoms with Gasteiger partial charge < -0.3 is 35.1 Å². The third-order valence-corrected chi connectivity index (χ3v) is 4.74. The summed E-state index contributed by atoms with van der Waals surface area (Å²) in [5.41, 5.74) is 6.98. The Bertz CT molecular complexity index is 1000. The van der Waals surface area contributed by atoms with Crippen LogP contribution >= 0.6 is 0 Å². The normalized spacial score (nSPS) is 11.4. The number of carbonyl (C=O) groups excluding carboxylic acids is 1. The summed E-state index contributed by atoms with van der Waals surface area (Å²) in [4.78, 5) is 10.5. The number of primary amides is 1. The maximum atomic E-state index is 10.5. The van der Waals surface area contributed by atoms with Crippen LogP contribution in [0, 0.1) is 0 Å². The molecule has 180 valence electrons. The van der Waals surface area contributed by atoms with Gasteiger partial charge in [-0.3, -0.25) is 0 Å². The molecule has 0 aliphatic heterocycles. The predicted molar refractivity (Wildman–Crippen MR) is 128 cm³/mol. The second-order valence-corrected chi connectivity index (χ2v) is 7.49. The van der Waals surface area contributed by atoms with E-state index in [9.17, 15) is 9.90 Å². The Hall–Kier alpha value is -3.75. The van der Waals surface area contributed by atoms with E-state index in [2.05, 4.69) is 10.1 Å². The summed E-state index contributed by atoms with van der Waals surface area (Å²) in [6, 6.07) is 25.1. The molecule has 0 saturated heterocycles. The molecule has 1 unspecified atom stereocenters. The number of benzene rings is 3.